The molecule has 5 heteroatoms. The van der Waals surface area contributed by atoms with Crippen LogP contribution in [0, 0.1) is 17.0 Å². The molecule has 1 aromatic rings. The smallest absolute Gasteiger partial charge is 0.288 e. The van der Waals surface area contributed by atoms with Gasteiger partial charge in [-0.05, 0) is 24.1 Å². The molecule has 1 aromatic carbocycles. The van der Waals surface area contributed by atoms with E-state index in [1.165, 1.54) is 6.07 Å². The third-order valence-electron chi connectivity index (χ3n) is 1.82. The first-order valence-corrected chi connectivity index (χ1v) is 4.07. The molecule has 0 amide bonds. The van der Waals surface area contributed by atoms with Crippen LogP contribution in [0.3, 0.4) is 0 Å². The van der Waals surface area contributed by atoms with Gasteiger partial charge in [0.2, 0.25) is 0 Å². The molecule has 0 aliphatic rings. The van der Waals surface area contributed by atoms with Gasteiger partial charge in [-0.1, -0.05) is 11.6 Å². The van der Waals surface area contributed by atoms with E-state index < -0.39 is 4.92 Å². The second-order valence-corrected chi connectivity index (χ2v) is 3.10. The molecule has 70 valence electrons. The lowest BCUT2D eigenvalue weighted by Crippen LogP contribution is -2.01. The number of nitro benzene ring substituents is 1. The molecule has 0 aliphatic carbocycles. The van der Waals surface area contributed by atoms with Gasteiger partial charge in [0.15, 0.2) is 0 Å². The Hall–Kier alpha value is -1.13. The van der Waals surface area contributed by atoms with Crippen molar-refractivity contribution in [1.29, 1.82) is 0 Å². The van der Waals surface area contributed by atoms with Crippen molar-refractivity contribution >= 4 is 17.3 Å². The molecule has 2 N–H and O–H groups in total. The molecule has 0 radical (unpaired) electrons. The summed E-state index contributed by atoms with van der Waals surface area (Å²) < 4.78 is 0. The number of nitrogens with two attached hydrogens (primary N) is 1. The third-order valence-corrected chi connectivity index (χ3v) is 2.12. The van der Waals surface area contributed by atoms with Crippen LogP contribution in [-0.2, 0) is 6.54 Å². The summed E-state index contributed by atoms with van der Waals surface area (Å²) in [7, 11) is 0. The standard InChI is InChI=1S/C8H9ClN2O2/c1-5-2-7(9)8(11(12)13)3-6(5)4-10/h2-3H,4,10H2,1H3. The van der Waals surface area contributed by atoms with Crippen molar-refractivity contribution in [1.82, 2.24) is 0 Å². The van der Waals surface area contributed by atoms with E-state index in [0.717, 1.165) is 11.1 Å². The van der Waals surface area contributed by atoms with Crippen molar-refractivity contribution < 1.29 is 4.92 Å². The van der Waals surface area contributed by atoms with Crippen LogP contribution < -0.4 is 5.73 Å². The molecule has 0 saturated carbocycles. The number of rotatable bonds is 2. The monoisotopic (exact) mass is 200 g/mol. The SMILES string of the molecule is Cc1cc(Cl)c([N+](=O)[O-])cc1CN. The van der Waals surface area contributed by atoms with Gasteiger partial charge in [-0.2, -0.15) is 0 Å². The molecule has 0 bridgehead atoms. The molecule has 0 spiro atoms. The average molecular weight is 201 g/mol. The van der Waals surface area contributed by atoms with Crippen LogP contribution in [-0.4, -0.2) is 4.92 Å². The molecule has 0 unspecified atom stereocenters. The summed E-state index contributed by atoms with van der Waals surface area (Å²) in [6, 6.07) is 2.97. The minimum absolute atomic E-state index is 0.0901. The predicted octanol–water partition coefficient (Wildman–Crippen LogP) is 2.02. The van der Waals surface area contributed by atoms with Gasteiger partial charge < -0.3 is 5.73 Å². The van der Waals surface area contributed by atoms with Crippen molar-refractivity contribution in [2.24, 2.45) is 5.73 Å². The van der Waals surface area contributed by atoms with Crippen molar-refractivity contribution in [2.45, 2.75) is 13.5 Å². The molecular weight excluding hydrogens is 192 g/mol. The second kappa shape index (κ2) is 3.72. The summed E-state index contributed by atoms with van der Waals surface area (Å²) in [5.74, 6) is 0. The summed E-state index contributed by atoms with van der Waals surface area (Å²) in [6.45, 7) is 2.10. The lowest BCUT2D eigenvalue weighted by Gasteiger charge is -2.03. The average Bonchev–Trinajstić information content (AvgIpc) is 2.03. The maximum atomic E-state index is 10.5. The van der Waals surface area contributed by atoms with Crippen molar-refractivity contribution in [3.63, 3.8) is 0 Å². The van der Waals surface area contributed by atoms with Gasteiger partial charge >= 0.3 is 0 Å². The van der Waals surface area contributed by atoms with Crippen LogP contribution in [0.25, 0.3) is 0 Å². The number of halogens is 1. The van der Waals surface area contributed by atoms with Crippen molar-refractivity contribution in [2.75, 3.05) is 0 Å². The van der Waals surface area contributed by atoms with E-state index in [-0.39, 0.29) is 17.3 Å². The van der Waals surface area contributed by atoms with Crippen molar-refractivity contribution in [3.8, 4) is 0 Å². The second-order valence-electron chi connectivity index (χ2n) is 2.69. The topological polar surface area (TPSA) is 69.2 Å². The first-order valence-electron chi connectivity index (χ1n) is 3.69. The molecular formula is C8H9ClN2O2. The molecule has 0 heterocycles. The molecule has 0 aromatic heterocycles. The summed E-state index contributed by atoms with van der Waals surface area (Å²) in [4.78, 5) is 9.97. The van der Waals surface area contributed by atoms with Crippen LogP contribution in [0.15, 0.2) is 12.1 Å². The highest BCUT2D eigenvalue weighted by Gasteiger charge is 2.13. The Kier molecular flexibility index (Phi) is 2.85. The van der Waals surface area contributed by atoms with Gasteiger partial charge in [0.05, 0.1) is 4.92 Å². The zero-order chi connectivity index (χ0) is 10.0. The Balaban J connectivity index is 3.30. The summed E-state index contributed by atoms with van der Waals surface area (Å²) >= 11 is 5.67. The maximum Gasteiger partial charge on any atom is 0.288 e. The zero-order valence-electron chi connectivity index (χ0n) is 7.08. The number of nitro groups is 1. The number of aryl methyl sites for hydroxylation is 1. The molecule has 4 nitrogen and oxygen atoms in total. The van der Waals surface area contributed by atoms with E-state index in [0.29, 0.717) is 0 Å². The van der Waals surface area contributed by atoms with Crippen LogP contribution >= 0.6 is 11.6 Å². The Morgan fingerprint density at radius 3 is 2.69 bits per heavy atom. The van der Waals surface area contributed by atoms with Gasteiger partial charge in [-0.3, -0.25) is 10.1 Å². The van der Waals surface area contributed by atoms with E-state index in [2.05, 4.69) is 0 Å². The van der Waals surface area contributed by atoms with Gasteiger partial charge in [0, 0.05) is 12.6 Å². The minimum atomic E-state index is -0.513. The van der Waals surface area contributed by atoms with Crippen LogP contribution in [0.4, 0.5) is 5.69 Å². The summed E-state index contributed by atoms with van der Waals surface area (Å²) in [5.41, 5.74) is 6.93. The van der Waals surface area contributed by atoms with Crippen molar-refractivity contribution in [3.05, 3.63) is 38.4 Å². The Morgan fingerprint density at radius 1 is 1.62 bits per heavy atom. The molecule has 0 atom stereocenters. The number of hydrogen-bond acceptors (Lipinski definition) is 3. The Morgan fingerprint density at radius 2 is 2.23 bits per heavy atom. The highest BCUT2D eigenvalue weighted by Crippen LogP contribution is 2.27. The molecule has 0 aliphatic heterocycles. The quantitative estimate of drug-likeness (QED) is 0.587. The fourth-order valence-electron chi connectivity index (χ4n) is 1.06. The predicted molar refractivity (Wildman–Crippen MR) is 50.7 cm³/mol. The van der Waals surface area contributed by atoms with Crippen LogP contribution in [0.2, 0.25) is 5.02 Å². The highest BCUT2D eigenvalue weighted by molar-refractivity contribution is 6.32. The summed E-state index contributed by atoms with van der Waals surface area (Å²) in [5, 5.41) is 10.6. The largest absolute Gasteiger partial charge is 0.326 e. The first-order chi connectivity index (χ1) is 6.06. The van der Waals surface area contributed by atoms with E-state index in [1.807, 2.05) is 6.92 Å². The molecule has 0 saturated heterocycles. The number of hydrogen-bond donors (Lipinski definition) is 1. The molecule has 13 heavy (non-hydrogen) atoms. The fourth-order valence-corrected chi connectivity index (χ4v) is 1.35. The van der Waals surface area contributed by atoms with Gasteiger partial charge in [-0.25, -0.2) is 0 Å². The number of nitrogens with zero attached hydrogens (tertiary/aromatic N) is 1. The van der Waals surface area contributed by atoms with Crippen LogP contribution in [0.1, 0.15) is 11.1 Å². The molecule has 1 rings (SSSR count). The first kappa shape index (κ1) is 9.95. The fraction of sp³-hybridized carbons (Fsp3) is 0.250. The normalized spacial score (nSPS) is 10.1. The summed E-state index contributed by atoms with van der Waals surface area (Å²) in [6.07, 6.45) is 0. The third kappa shape index (κ3) is 1.96. The maximum absolute atomic E-state index is 10.5. The Labute approximate surface area is 80.5 Å². The lowest BCUT2D eigenvalue weighted by atomic mass is 10.1. The van der Waals surface area contributed by atoms with E-state index >= 15 is 0 Å². The van der Waals surface area contributed by atoms with E-state index in [9.17, 15) is 10.1 Å². The van der Waals surface area contributed by atoms with Gasteiger partial charge in [-0.15, -0.1) is 0 Å². The molecule has 0 fully saturated rings. The zero-order valence-corrected chi connectivity index (χ0v) is 7.84. The number of benzene rings is 1. The van der Waals surface area contributed by atoms with Crippen LogP contribution in [0.5, 0.6) is 0 Å². The lowest BCUT2D eigenvalue weighted by molar-refractivity contribution is -0.384. The van der Waals surface area contributed by atoms with E-state index in [4.69, 9.17) is 17.3 Å². The van der Waals surface area contributed by atoms with Gasteiger partial charge in [0.1, 0.15) is 5.02 Å². The highest BCUT2D eigenvalue weighted by atomic mass is 35.5. The van der Waals surface area contributed by atoms with E-state index in [1.54, 1.807) is 6.07 Å². The van der Waals surface area contributed by atoms with Gasteiger partial charge in [0.25, 0.3) is 5.69 Å². The minimum Gasteiger partial charge on any atom is -0.326 e. The Bertz CT molecular complexity index is 352.